The van der Waals surface area contributed by atoms with E-state index in [-0.39, 0.29) is 11.7 Å². The molecule has 1 fully saturated rings. The van der Waals surface area contributed by atoms with Crippen LogP contribution in [0.4, 0.5) is 5.69 Å². The van der Waals surface area contributed by atoms with E-state index in [0.717, 1.165) is 18.5 Å². The number of aliphatic carboxylic acids is 1. The van der Waals surface area contributed by atoms with Crippen LogP contribution in [0.3, 0.4) is 0 Å². The van der Waals surface area contributed by atoms with Crippen LogP contribution in [0.1, 0.15) is 35.0 Å². The molecule has 3 rings (SSSR count). The smallest absolute Gasteiger partial charge is 0.341 e. The van der Waals surface area contributed by atoms with Gasteiger partial charge in [0.2, 0.25) is 5.76 Å². The molecular weight excluding hydrogens is 288 g/mol. The fourth-order valence-corrected chi connectivity index (χ4v) is 1.94. The fraction of sp³-hybridized carbons (Fsp3) is 0.267. The van der Waals surface area contributed by atoms with Crippen LogP contribution in [0.15, 0.2) is 34.9 Å². The minimum atomic E-state index is -1.05. The fourth-order valence-electron chi connectivity index (χ4n) is 1.94. The molecule has 1 aliphatic carbocycles. The summed E-state index contributed by atoms with van der Waals surface area (Å²) in [6.45, 7) is -0.409. The zero-order valence-corrected chi connectivity index (χ0v) is 11.6. The molecule has 0 radical (unpaired) electrons. The van der Waals surface area contributed by atoms with Gasteiger partial charge in [-0.1, -0.05) is 5.16 Å². The van der Waals surface area contributed by atoms with Crippen molar-refractivity contribution in [2.45, 2.75) is 18.8 Å². The number of rotatable bonds is 6. The molecule has 114 valence electrons. The van der Waals surface area contributed by atoms with Gasteiger partial charge in [0.25, 0.3) is 5.91 Å². The number of amides is 1. The maximum Gasteiger partial charge on any atom is 0.341 e. The highest BCUT2D eigenvalue weighted by Gasteiger charge is 2.28. The summed E-state index contributed by atoms with van der Waals surface area (Å²) in [7, 11) is 0. The average molecular weight is 302 g/mol. The summed E-state index contributed by atoms with van der Waals surface area (Å²) in [5.41, 5.74) is 1.37. The second-order valence-electron chi connectivity index (χ2n) is 5.05. The molecule has 0 aliphatic heterocycles. The Morgan fingerprint density at radius 2 is 2.05 bits per heavy atom. The van der Waals surface area contributed by atoms with Crippen molar-refractivity contribution in [1.82, 2.24) is 5.16 Å². The van der Waals surface area contributed by atoms with Crippen LogP contribution < -0.4 is 10.1 Å². The molecule has 1 aromatic heterocycles. The highest BCUT2D eigenvalue weighted by atomic mass is 16.5. The zero-order chi connectivity index (χ0) is 15.5. The molecule has 1 heterocycles. The average Bonchev–Trinajstić information content (AvgIpc) is 3.23. The lowest BCUT2D eigenvalue weighted by atomic mass is 10.2. The van der Waals surface area contributed by atoms with Gasteiger partial charge in [-0.25, -0.2) is 4.79 Å². The van der Waals surface area contributed by atoms with Gasteiger partial charge in [-0.15, -0.1) is 0 Å². The summed E-state index contributed by atoms with van der Waals surface area (Å²) >= 11 is 0. The van der Waals surface area contributed by atoms with Crippen molar-refractivity contribution >= 4 is 17.6 Å². The maximum absolute atomic E-state index is 12.0. The summed E-state index contributed by atoms with van der Waals surface area (Å²) in [6.07, 6.45) is 2.18. The molecule has 7 heteroatoms. The van der Waals surface area contributed by atoms with E-state index in [4.69, 9.17) is 14.4 Å². The Morgan fingerprint density at radius 3 is 2.68 bits per heavy atom. The van der Waals surface area contributed by atoms with Gasteiger partial charge in [0.1, 0.15) is 5.75 Å². The summed E-state index contributed by atoms with van der Waals surface area (Å²) in [6, 6.07) is 8.06. The van der Waals surface area contributed by atoms with Crippen LogP contribution in [0.5, 0.6) is 5.75 Å². The van der Waals surface area contributed by atoms with Crippen LogP contribution in [-0.2, 0) is 4.79 Å². The first kappa shape index (κ1) is 14.1. The number of benzene rings is 1. The van der Waals surface area contributed by atoms with Crippen molar-refractivity contribution in [3.05, 3.63) is 41.8 Å². The van der Waals surface area contributed by atoms with Gasteiger partial charge < -0.3 is 19.7 Å². The Kier molecular flexibility index (Phi) is 3.78. The van der Waals surface area contributed by atoms with E-state index >= 15 is 0 Å². The SMILES string of the molecule is O=C(O)COc1ccc(NC(=O)c2cc(C3CC3)no2)cc1. The van der Waals surface area contributed by atoms with Gasteiger partial charge in [0.05, 0.1) is 5.69 Å². The standard InChI is InChI=1S/C15H14N2O5/c18-14(19)8-21-11-5-3-10(4-6-11)16-15(20)13-7-12(17-22-13)9-1-2-9/h3-7,9H,1-2,8H2,(H,16,20)(H,18,19). The molecular formula is C15H14N2O5. The summed E-state index contributed by atoms with van der Waals surface area (Å²) in [5, 5.41) is 15.1. The minimum absolute atomic E-state index is 0.174. The molecule has 1 aliphatic rings. The van der Waals surface area contributed by atoms with E-state index in [0.29, 0.717) is 17.4 Å². The van der Waals surface area contributed by atoms with Crippen molar-refractivity contribution in [2.75, 3.05) is 11.9 Å². The summed E-state index contributed by atoms with van der Waals surface area (Å²) < 4.78 is 10.0. The largest absolute Gasteiger partial charge is 0.482 e. The monoisotopic (exact) mass is 302 g/mol. The number of nitrogens with zero attached hydrogens (tertiary/aromatic N) is 1. The predicted molar refractivity (Wildman–Crippen MR) is 76.0 cm³/mol. The van der Waals surface area contributed by atoms with Crippen LogP contribution >= 0.6 is 0 Å². The van der Waals surface area contributed by atoms with Crippen molar-refractivity contribution in [3.8, 4) is 5.75 Å². The predicted octanol–water partition coefficient (Wildman–Crippen LogP) is 2.27. The van der Waals surface area contributed by atoms with Gasteiger partial charge in [0, 0.05) is 17.7 Å². The first-order valence-electron chi connectivity index (χ1n) is 6.84. The highest BCUT2D eigenvalue weighted by molar-refractivity contribution is 6.02. The minimum Gasteiger partial charge on any atom is -0.482 e. The van der Waals surface area contributed by atoms with Crippen molar-refractivity contribution < 1.29 is 24.0 Å². The van der Waals surface area contributed by atoms with Gasteiger partial charge in [-0.2, -0.15) is 0 Å². The van der Waals surface area contributed by atoms with Crippen LogP contribution in [0.2, 0.25) is 0 Å². The van der Waals surface area contributed by atoms with Crippen molar-refractivity contribution in [3.63, 3.8) is 0 Å². The van der Waals surface area contributed by atoms with E-state index in [1.54, 1.807) is 30.3 Å². The van der Waals surface area contributed by atoms with E-state index in [9.17, 15) is 9.59 Å². The third-order valence-corrected chi connectivity index (χ3v) is 3.22. The Balaban J connectivity index is 1.59. The van der Waals surface area contributed by atoms with Gasteiger partial charge >= 0.3 is 5.97 Å². The first-order chi connectivity index (χ1) is 10.6. The summed E-state index contributed by atoms with van der Waals surface area (Å²) in [5.74, 6) is -0.409. The van der Waals surface area contributed by atoms with Crippen molar-refractivity contribution in [2.24, 2.45) is 0 Å². The third-order valence-electron chi connectivity index (χ3n) is 3.22. The number of ether oxygens (including phenoxy) is 1. The molecule has 0 atom stereocenters. The number of carboxylic acid groups (broad SMARTS) is 1. The number of carbonyl (C=O) groups is 2. The Labute approximate surface area is 125 Å². The molecule has 1 amide bonds. The lowest BCUT2D eigenvalue weighted by Gasteiger charge is -2.05. The lowest BCUT2D eigenvalue weighted by Crippen LogP contribution is -2.11. The van der Waals surface area contributed by atoms with Crippen LogP contribution in [-0.4, -0.2) is 28.7 Å². The van der Waals surface area contributed by atoms with E-state index < -0.39 is 12.6 Å². The number of hydrogen-bond donors (Lipinski definition) is 2. The van der Waals surface area contributed by atoms with Gasteiger partial charge in [-0.3, -0.25) is 4.79 Å². The van der Waals surface area contributed by atoms with Crippen molar-refractivity contribution in [1.29, 1.82) is 0 Å². The number of aromatic nitrogens is 1. The highest BCUT2D eigenvalue weighted by Crippen LogP contribution is 2.39. The van der Waals surface area contributed by atoms with E-state index in [1.165, 1.54) is 0 Å². The molecule has 1 saturated carbocycles. The molecule has 7 nitrogen and oxygen atoms in total. The third kappa shape index (κ3) is 3.43. The van der Waals surface area contributed by atoms with E-state index in [1.807, 2.05) is 0 Å². The first-order valence-corrected chi connectivity index (χ1v) is 6.84. The number of hydrogen-bond acceptors (Lipinski definition) is 5. The molecule has 0 bridgehead atoms. The molecule has 2 N–H and O–H groups in total. The topological polar surface area (TPSA) is 102 Å². The maximum atomic E-state index is 12.0. The van der Waals surface area contributed by atoms with Gasteiger partial charge in [0.15, 0.2) is 6.61 Å². The normalized spacial score (nSPS) is 13.6. The summed E-state index contributed by atoms with van der Waals surface area (Å²) in [4.78, 5) is 22.4. The zero-order valence-electron chi connectivity index (χ0n) is 11.6. The second kappa shape index (κ2) is 5.88. The quantitative estimate of drug-likeness (QED) is 0.848. The number of carboxylic acids is 1. The number of anilines is 1. The lowest BCUT2D eigenvalue weighted by molar-refractivity contribution is -0.139. The molecule has 1 aromatic carbocycles. The van der Waals surface area contributed by atoms with Crippen LogP contribution in [0.25, 0.3) is 0 Å². The molecule has 22 heavy (non-hydrogen) atoms. The molecule has 2 aromatic rings. The Morgan fingerprint density at radius 1 is 1.32 bits per heavy atom. The second-order valence-corrected chi connectivity index (χ2v) is 5.05. The molecule has 0 spiro atoms. The number of carbonyl (C=O) groups excluding carboxylic acids is 1. The van der Waals surface area contributed by atoms with Crippen LogP contribution in [0, 0.1) is 0 Å². The molecule has 0 saturated heterocycles. The van der Waals surface area contributed by atoms with E-state index in [2.05, 4.69) is 10.5 Å². The van der Waals surface area contributed by atoms with Gasteiger partial charge in [-0.05, 0) is 37.1 Å². The number of nitrogens with one attached hydrogen (secondary N) is 1. The Bertz CT molecular complexity index is 688. The Hall–Kier alpha value is -2.83. The molecule has 0 unspecified atom stereocenters.